The SMILES string of the molecule is C[C@H](N)C(=O)c1cscn1. The van der Waals surface area contributed by atoms with Crippen molar-refractivity contribution in [1.82, 2.24) is 4.98 Å². The molecule has 2 N–H and O–H groups in total. The van der Waals surface area contributed by atoms with Gasteiger partial charge >= 0.3 is 0 Å². The maximum Gasteiger partial charge on any atom is 0.198 e. The predicted molar refractivity (Wildman–Crippen MR) is 40.1 cm³/mol. The van der Waals surface area contributed by atoms with Gasteiger partial charge in [0.25, 0.3) is 0 Å². The minimum absolute atomic E-state index is 0.0961. The van der Waals surface area contributed by atoms with Gasteiger partial charge in [0.15, 0.2) is 5.78 Å². The van der Waals surface area contributed by atoms with Crippen molar-refractivity contribution in [2.75, 3.05) is 0 Å². The number of rotatable bonds is 2. The average Bonchev–Trinajstić information content (AvgIpc) is 2.36. The highest BCUT2D eigenvalue weighted by atomic mass is 32.1. The van der Waals surface area contributed by atoms with Gasteiger partial charge in [-0.2, -0.15) is 0 Å². The van der Waals surface area contributed by atoms with Crippen molar-refractivity contribution in [2.24, 2.45) is 5.73 Å². The van der Waals surface area contributed by atoms with E-state index < -0.39 is 6.04 Å². The van der Waals surface area contributed by atoms with Gasteiger partial charge in [0.1, 0.15) is 5.69 Å². The lowest BCUT2D eigenvalue weighted by atomic mass is 10.2. The van der Waals surface area contributed by atoms with Crippen LogP contribution in [0.1, 0.15) is 17.4 Å². The Bertz CT molecular complexity index is 218. The number of hydrogen-bond donors (Lipinski definition) is 1. The van der Waals surface area contributed by atoms with Crippen LogP contribution in [-0.2, 0) is 0 Å². The lowest BCUT2D eigenvalue weighted by molar-refractivity contribution is 0.0964. The number of ketones is 1. The molecule has 3 nitrogen and oxygen atoms in total. The third kappa shape index (κ3) is 1.40. The molecular formula is C6H8N2OS. The summed E-state index contributed by atoms with van der Waals surface area (Å²) in [5.74, 6) is -0.0961. The molecule has 54 valence electrons. The van der Waals surface area contributed by atoms with Crippen LogP contribution in [0.5, 0.6) is 0 Å². The first-order valence-electron chi connectivity index (χ1n) is 2.90. The molecule has 0 spiro atoms. The molecule has 0 unspecified atom stereocenters. The van der Waals surface area contributed by atoms with Crippen LogP contribution in [0, 0.1) is 0 Å². The van der Waals surface area contributed by atoms with Crippen molar-refractivity contribution in [1.29, 1.82) is 0 Å². The maximum atomic E-state index is 11.0. The number of thiazole rings is 1. The largest absolute Gasteiger partial charge is 0.321 e. The van der Waals surface area contributed by atoms with Crippen molar-refractivity contribution in [3.63, 3.8) is 0 Å². The molecule has 1 heterocycles. The van der Waals surface area contributed by atoms with Gasteiger partial charge in [-0.05, 0) is 6.92 Å². The normalized spacial score (nSPS) is 13.0. The minimum Gasteiger partial charge on any atom is -0.321 e. The summed E-state index contributed by atoms with van der Waals surface area (Å²) in [5.41, 5.74) is 7.44. The van der Waals surface area contributed by atoms with Gasteiger partial charge in [-0.1, -0.05) is 0 Å². The Morgan fingerprint density at radius 1 is 1.90 bits per heavy atom. The lowest BCUT2D eigenvalue weighted by Crippen LogP contribution is -2.26. The molecule has 1 rings (SSSR count). The molecule has 0 radical (unpaired) electrons. The molecule has 0 saturated carbocycles. The van der Waals surface area contributed by atoms with Crippen LogP contribution in [0.15, 0.2) is 10.9 Å². The zero-order chi connectivity index (χ0) is 7.56. The molecule has 1 atom stereocenters. The van der Waals surface area contributed by atoms with Gasteiger partial charge in [-0.3, -0.25) is 4.79 Å². The summed E-state index contributed by atoms with van der Waals surface area (Å²) in [7, 11) is 0. The summed E-state index contributed by atoms with van der Waals surface area (Å²) in [4.78, 5) is 14.9. The summed E-state index contributed by atoms with van der Waals surface area (Å²) < 4.78 is 0. The molecule has 1 aromatic rings. The first-order chi connectivity index (χ1) is 4.72. The molecule has 0 aromatic carbocycles. The highest BCUT2D eigenvalue weighted by Crippen LogP contribution is 2.02. The number of nitrogens with two attached hydrogens (primary N) is 1. The number of hydrogen-bond acceptors (Lipinski definition) is 4. The Morgan fingerprint density at radius 2 is 2.60 bits per heavy atom. The van der Waals surface area contributed by atoms with E-state index in [1.165, 1.54) is 11.3 Å². The Hall–Kier alpha value is -0.740. The second-order valence-corrected chi connectivity index (χ2v) is 2.75. The highest BCUT2D eigenvalue weighted by molar-refractivity contribution is 7.07. The van der Waals surface area contributed by atoms with E-state index in [1.54, 1.807) is 17.8 Å². The Balaban J connectivity index is 2.78. The van der Waals surface area contributed by atoms with E-state index in [-0.39, 0.29) is 5.78 Å². The molecule has 0 aliphatic rings. The average molecular weight is 156 g/mol. The van der Waals surface area contributed by atoms with Gasteiger partial charge in [0.05, 0.1) is 11.6 Å². The zero-order valence-electron chi connectivity index (χ0n) is 5.57. The van der Waals surface area contributed by atoms with Crippen LogP contribution in [-0.4, -0.2) is 16.8 Å². The van der Waals surface area contributed by atoms with E-state index in [2.05, 4.69) is 4.98 Å². The van der Waals surface area contributed by atoms with Crippen molar-refractivity contribution in [3.8, 4) is 0 Å². The van der Waals surface area contributed by atoms with Crippen LogP contribution in [0.2, 0.25) is 0 Å². The van der Waals surface area contributed by atoms with Gasteiger partial charge in [0.2, 0.25) is 0 Å². The number of Topliss-reactive ketones (excluding diaryl/α,β-unsaturated/α-hetero) is 1. The monoisotopic (exact) mass is 156 g/mol. The topological polar surface area (TPSA) is 56.0 Å². The van der Waals surface area contributed by atoms with Crippen molar-refractivity contribution < 1.29 is 4.79 Å². The number of carbonyl (C=O) groups excluding carboxylic acids is 1. The van der Waals surface area contributed by atoms with E-state index in [1.807, 2.05) is 0 Å². The molecule has 1 aromatic heterocycles. The first-order valence-corrected chi connectivity index (χ1v) is 3.84. The second kappa shape index (κ2) is 2.90. The molecule has 0 aliphatic heterocycles. The van der Waals surface area contributed by atoms with Crippen molar-refractivity contribution >= 4 is 17.1 Å². The van der Waals surface area contributed by atoms with Gasteiger partial charge in [-0.25, -0.2) is 4.98 Å². The van der Waals surface area contributed by atoms with Crippen LogP contribution >= 0.6 is 11.3 Å². The van der Waals surface area contributed by atoms with Gasteiger partial charge < -0.3 is 5.73 Å². The molecule has 10 heavy (non-hydrogen) atoms. The predicted octanol–water partition coefficient (Wildman–Crippen LogP) is 0.673. The zero-order valence-corrected chi connectivity index (χ0v) is 6.39. The smallest absolute Gasteiger partial charge is 0.198 e. The fraction of sp³-hybridized carbons (Fsp3) is 0.333. The minimum atomic E-state index is -0.443. The summed E-state index contributed by atoms with van der Waals surface area (Å²) in [6, 6.07) is -0.443. The molecule has 0 amide bonds. The third-order valence-corrected chi connectivity index (χ3v) is 1.68. The van der Waals surface area contributed by atoms with Crippen molar-refractivity contribution in [3.05, 3.63) is 16.6 Å². The number of aromatic nitrogens is 1. The first kappa shape index (κ1) is 7.37. The fourth-order valence-electron chi connectivity index (χ4n) is 0.567. The molecule has 0 bridgehead atoms. The summed E-state index contributed by atoms with van der Waals surface area (Å²) >= 11 is 1.40. The van der Waals surface area contributed by atoms with Gasteiger partial charge in [-0.15, -0.1) is 11.3 Å². The van der Waals surface area contributed by atoms with Crippen LogP contribution < -0.4 is 5.73 Å². The van der Waals surface area contributed by atoms with Crippen molar-refractivity contribution in [2.45, 2.75) is 13.0 Å². The highest BCUT2D eigenvalue weighted by Gasteiger charge is 2.11. The molecule has 0 saturated heterocycles. The summed E-state index contributed by atoms with van der Waals surface area (Å²) in [6.45, 7) is 1.65. The van der Waals surface area contributed by atoms with Crippen LogP contribution in [0.3, 0.4) is 0 Å². The van der Waals surface area contributed by atoms with E-state index in [9.17, 15) is 4.79 Å². The lowest BCUT2D eigenvalue weighted by Gasteiger charge is -1.97. The molecule has 4 heteroatoms. The van der Waals surface area contributed by atoms with E-state index in [0.717, 1.165) is 0 Å². The third-order valence-electron chi connectivity index (χ3n) is 1.10. The van der Waals surface area contributed by atoms with Gasteiger partial charge in [0, 0.05) is 5.38 Å². The Kier molecular flexibility index (Phi) is 2.13. The number of carbonyl (C=O) groups is 1. The summed E-state index contributed by atoms with van der Waals surface area (Å²) in [6.07, 6.45) is 0. The maximum absolute atomic E-state index is 11.0. The number of nitrogens with zero attached hydrogens (tertiary/aromatic N) is 1. The van der Waals surface area contributed by atoms with E-state index in [0.29, 0.717) is 5.69 Å². The second-order valence-electron chi connectivity index (χ2n) is 2.03. The van der Waals surface area contributed by atoms with Crippen LogP contribution in [0.25, 0.3) is 0 Å². The Morgan fingerprint density at radius 3 is 3.00 bits per heavy atom. The van der Waals surface area contributed by atoms with E-state index in [4.69, 9.17) is 5.73 Å². The van der Waals surface area contributed by atoms with Crippen LogP contribution in [0.4, 0.5) is 0 Å². The van der Waals surface area contributed by atoms with E-state index >= 15 is 0 Å². The molecule has 0 aliphatic carbocycles. The fourth-order valence-corrected chi connectivity index (χ4v) is 1.11. The Labute approximate surface area is 62.9 Å². The molecular weight excluding hydrogens is 148 g/mol. The summed E-state index contributed by atoms with van der Waals surface area (Å²) in [5, 5.41) is 1.70. The molecule has 0 fully saturated rings. The quantitative estimate of drug-likeness (QED) is 0.640. The standard InChI is InChI=1S/C6H8N2OS/c1-4(7)6(9)5-2-10-3-8-5/h2-4H,7H2,1H3/t4-/m0/s1.